The minimum absolute atomic E-state index is 0.166. The number of carbonyl (C=O) groups excluding carboxylic acids is 3. The molecule has 0 spiro atoms. The summed E-state index contributed by atoms with van der Waals surface area (Å²) >= 11 is 0. The van der Waals surface area contributed by atoms with Gasteiger partial charge in [-0.2, -0.15) is 0 Å². The van der Waals surface area contributed by atoms with E-state index in [1.165, 1.54) is 6.92 Å². The number of unbranched alkanes of at least 4 members (excludes halogenated alkanes) is 3. The highest BCUT2D eigenvalue weighted by molar-refractivity contribution is 5.75. The molecule has 0 aromatic heterocycles. The summed E-state index contributed by atoms with van der Waals surface area (Å²) in [5, 5.41) is 0. The van der Waals surface area contributed by atoms with E-state index in [2.05, 4.69) is 0 Å². The summed E-state index contributed by atoms with van der Waals surface area (Å²) in [6.45, 7) is 3.74. The number of ether oxygens (including phenoxy) is 2. The van der Waals surface area contributed by atoms with Crippen molar-refractivity contribution in [2.75, 3.05) is 13.2 Å². The Morgan fingerprint density at radius 1 is 0.737 bits per heavy atom. The highest BCUT2D eigenvalue weighted by Crippen LogP contribution is 2.03. The van der Waals surface area contributed by atoms with Crippen LogP contribution >= 0.6 is 0 Å². The number of ketones is 1. The molecule has 0 saturated carbocycles. The molecule has 0 atom stereocenters. The van der Waals surface area contributed by atoms with Gasteiger partial charge in [0, 0.05) is 19.8 Å². The predicted molar refractivity (Wildman–Crippen MR) is 70.6 cm³/mol. The van der Waals surface area contributed by atoms with E-state index in [-0.39, 0.29) is 17.7 Å². The second-order valence-corrected chi connectivity index (χ2v) is 4.53. The van der Waals surface area contributed by atoms with Crippen LogP contribution in [0.5, 0.6) is 0 Å². The number of rotatable bonds is 11. The van der Waals surface area contributed by atoms with E-state index in [0.717, 1.165) is 32.1 Å². The SMILES string of the molecule is CC(=O)CCCCOC(=O)CCCCCOC(C)=O. The molecule has 0 aliphatic rings. The van der Waals surface area contributed by atoms with Gasteiger partial charge in [-0.05, 0) is 39.0 Å². The van der Waals surface area contributed by atoms with Gasteiger partial charge < -0.3 is 14.3 Å². The number of carbonyl (C=O) groups is 3. The highest BCUT2D eigenvalue weighted by Gasteiger charge is 2.03. The lowest BCUT2D eigenvalue weighted by atomic mass is 10.2. The third kappa shape index (κ3) is 14.6. The Bertz CT molecular complexity index is 286. The van der Waals surface area contributed by atoms with E-state index < -0.39 is 0 Å². The van der Waals surface area contributed by atoms with Crippen LogP contribution in [0.4, 0.5) is 0 Å². The van der Waals surface area contributed by atoms with Crippen LogP contribution in [0.1, 0.15) is 58.8 Å². The molecular weight excluding hydrogens is 248 g/mol. The van der Waals surface area contributed by atoms with Gasteiger partial charge >= 0.3 is 11.9 Å². The topological polar surface area (TPSA) is 69.7 Å². The lowest BCUT2D eigenvalue weighted by Gasteiger charge is -2.04. The minimum Gasteiger partial charge on any atom is -0.466 e. The summed E-state index contributed by atoms with van der Waals surface area (Å²) in [5.74, 6) is -0.306. The quantitative estimate of drug-likeness (QED) is 0.427. The molecule has 5 heteroatoms. The van der Waals surface area contributed by atoms with E-state index in [0.29, 0.717) is 26.1 Å². The van der Waals surface area contributed by atoms with Gasteiger partial charge in [-0.15, -0.1) is 0 Å². The van der Waals surface area contributed by atoms with Crippen LogP contribution in [0.3, 0.4) is 0 Å². The van der Waals surface area contributed by atoms with E-state index in [1.54, 1.807) is 6.92 Å². The van der Waals surface area contributed by atoms with E-state index >= 15 is 0 Å². The molecule has 0 rings (SSSR count). The molecule has 19 heavy (non-hydrogen) atoms. The lowest BCUT2D eigenvalue weighted by molar-refractivity contribution is -0.144. The van der Waals surface area contributed by atoms with E-state index in [1.807, 2.05) is 0 Å². The van der Waals surface area contributed by atoms with Crippen LogP contribution in [-0.4, -0.2) is 30.9 Å². The van der Waals surface area contributed by atoms with Crippen molar-refractivity contribution < 1.29 is 23.9 Å². The Hall–Kier alpha value is -1.39. The first-order valence-corrected chi connectivity index (χ1v) is 6.81. The summed E-state index contributed by atoms with van der Waals surface area (Å²) in [5.41, 5.74) is 0. The second kappa shape index (κ2) is 11.7. The fourth-order valence-electron chi connectivity index (χ4n) is 1.50. The largest absolute Gasteiger partial charge is 0.466 e. The van der Waals surface area contributed by atoms with Gasteiger partial charge in [0.05, 0.1) is 13.2 Å². The average Bonchev–Trinajstić information content (AvgIpc) is 2.32. The molecule has 5 nitrogen and oxygen atoms in total. The van der Waals surface area contributed by atoms with Crippen LogP contribution in [0.2, 0.25) is 0 Å². The third-order valence-electron chi connectivity index (χ3n) is 2.52. The van der Waals surface area contributed by atoms with Gasteiger partial charge in [0.2, 0.25) is 0 Å². The smallest absolute Gasteiger partial charge is 0.305 e. The molecule has 0 heterocycles. The molecule has 0 bridgehead atoms. The number of Topliss-reactive ketones (excluding diaryl/α,β-unsaturated/α-hetero) is 1. The predicted octanol–water partition coefficient (Wildman–Crippen LogP) is 2.41. The van der Waals surface area contributed by atoms with Gasteiger partial charge in [0.15, 0.2) is 0 Å². The normalized spacial score (nSPS) is 10.0. The molecule has 0 saturated heterocycles. The van der Waals surface area contributed by atoms with Crippen LogP contribution in [0.15, 0.2) is 0 Å². The van der Waals surface area contributed by atoms with Crippen LogP contribution in [-0.2, 0) is 23.9 Å². The molecular formula is C14H24O5. The van der Waals surface area contributed by atoms with E-state index in [9.17, 15) is 14.4 Å². The molecule has 0 aliphatic heterocycles. The Balaban J connectivity index is 3.26. The zero-order valence-corrected chi connectivity index (χ0v) is 11.9. The van der Waals surface area contributed by atoms with Gasteiger partial charge in [-0.25, -0.2) is 0 Å². The maximum Gasteiger partial charge on any atom is 0.305 e. The lowest BCUT2D eigenvalue weighted by Crippen LogP contribution is -2.06. The van der Waals surface area contributed by atoms with Crippen LogP contribution < -0.4 is 0 Å². The zero-order chi connectivity index (χ0) is 14.5. The number of hydrogen-bond acceptors (Lipinski definition) is 5. The summed E-state index contributed by atoms with van der Waals surface area (Å²) in [6.07, 6.45) is 4.80. The van der Waals surface area contributed by atoms with Gasteiger partial charge in [0.25, 0.3) is 0 Å². The molecule has 110 valence electrons. The minimum atomic E-state index is -0.273. The van der Waals surface area contributed by atoms with E-state index in [4.69, 9.17) is 9.47 Å². The first-order chi connectivity index (χ1) is 9.02. The molecule has 0 unspecified atom stereocenters. The maximum atomic E-state index is 11.3. The Labute approximate surface area is 114 Å². The first-order valence-electron chi connectivity index (χ1n) is 6.81. The molecule has 0 fully saturated rings. The fourth-order valence-corrected chi connectivity index (χ4v) is 1.50. The number of esters is 2. The maximum absolute atomic E-state index is 11.3. The van der Waals surface area contributed by atoms with Crippen molar-refractivity contribution in [1.82, 2.24) is 0 Å². The second-order valence-electron chi connectivity index (χ2n) is 4.53. The Morgan fingerprint density at radius 3 is 1.95 bits per heavy atom. The van der Waals surface area contributed by atoms with Crippen molar-refractivity contribution >= 4 is 17.7 Å². The van der Waals surface area contributed by atoms with Gasteiger partial charge in [-0.1, -0.05) is 0 Å². The molecule has 0 N–H and O–H groups in total. The molecule has 0 aromatic rings. The van der Waals surface area contributed by atoms with Gasteiger partial charge in [0.1, 0.15) is 5.78 Å². The van der Waals surface area contributed by atoms with Crippen molar-refractivity contribution in [2.45, 2.75) is 58.8 Å². The van der Waals surface area contributed by atoms with Crippen LogP contribution in [0.25, 0.3) is 0 Å². The van der Waals surface area contributed by atoms with Crippen LogP contribution in [0, 0.1) is 0 Å². The summed E-state index contributed by atoms with van der Waals surface area (Å²) in [7, 11) is 0. The van der Waals surface area contributed by atoms with Crippen molar-refractivity contribution in [1.29, 1.82) is 0 Å². The molecule has 0 aliphatic carbocycles. The third-order valence-corrected chi connectivity index (χ3v) is 2.52. The standard InChI is InChI=1S/C14H24O5/c1-12(15)8-5-7-11-19-14(17)9-4-3-6-10-18-13(2)16/h3-11H2,1-2H3. The average molecular weight is 272 g/mol. The molecule has 0 radical (unpaired) electrons. The Morgan fingerprint density at radius 2 is 1.32 bits per heavy atom. The Kier molecular flexibility index (Phi) is 10.8. The summed E-state index contributed by atoms with van der Waals surface area (Å²) < 4.78 is 9.81. The van der Waals surface area contributed by atoms with Crippen molar-refractivity contribution in [3.05, 3.63) is 0 Å². The summed E-state index contributed by atoms with van der Waals surface area (Å²) in [4.78, 5) is 32.5. The molecule has 0 aromatic carbocycles. The van der Waals surface area contributed by atoms with Crippen molar-refractivity contribution in [2.24, 2.45) is 0 Å². The fraction of sp³-hybridized carbons (Fsp3) is 0.786. The first kappa shape index (κ1) is 17.6. The van der Waals surface area contributed by atoms with Gasteiger partial charge in [-0.3, -0.25) is 9.59 Å². The monoisotopic (exact) mass is 272 g/mol. The summed E-state index contributed by atoms with van der Waals surface area (Å²) in [6, 6.07) is 0. The molecule has 0 amide bonds. The zero-order valence-electron chi connectivity index (χ0n) is 11.9. The van der Waals surface area contributed by atoms with Crippen molar-refractivity contribution in [3.8, 4) is 0 Å². The number of hydrogen-bond donors (Lipinski definition) is 0. The highest BCUT2D eigenvalue weighted by atomic mass is 16.5. The van der Waals surface area contributed by atoms with Crippen molar-refractivity contribution in [3.63, 3.8) is 0 Å².